The smallest absolute Gasteiger partial charge is 0.335 e. The first-order valence-electron chi connectivity index (χ1n) is 5.70. The minimum atomic E-state index is -1.06. The molecule has 1 unspecified atom stereocenters. The number of nitrogens with one attached hydrogen (secondary N) is 3. The molecular weight excluding hydrogens is 266 g/mol. The number of hydrogen-bond donors (Lipinski definition) is 4. The maximum absolute atomic E-state index is 11.7. The zero-order valence-electron chi connectivity index (χ0n) is 10.2. The lowest BCUT2D eigenvalue weighted by atomic mass is 10.2. The number of hydrogen-bond acceptors (Lipinski definition) is 4. The highest BCUT2D eigenvalue weighted by Gasteiger charge is 2.31. The van der Waals surface area contributed by atoms with Crippen LogP contribution in [0.25, 0.3) is 0 Å². The van der Waals surface area contributed by atoms with E-state index in [4.69, 9.17) is 5.11 Å². The molecule has 1 heterocycles. The minimum absolute atomic E-state index is 0.102. The van der Waals surface area contributed by atoms with Crippen LogP contribution in [0.4, 0.5) is 10.5 Å². The second-order valence-electron chi connectivity index (χ2n) is 4.15. The van der Waals surface area contributed by atoms with Crippen molar-refractivity contribution in [2.45, 2.75) is 12.5 Å². The normalized spacial score (nSPS) is 17.3. The SMILES string of the molecule is O=C(CC1NC(=O)NC1=O)Nc1ccc(C(=O)O)cc1. The molecular formula is C12H11N3O5. The second-order valence-corrected chi connectivity index (χ2v) is 4.15. The fourth-order valence-electron chi connectivity index (χ4n) is 1.70. The van der Waals surface area contributed by atoms with Crippen LogP contribution in [0.15, 0.2) is 24.3 Å². The third kappa shape index (κ3) is 3.10. The monoisotopic (exact) mass is 277 g/mol. The molecule has 0 aliphatic carbocycles. The first kappa shape index (κ1) is 13.5. The lowest BCUT2D eigenvalue weighted by molar-refractivity contribution is -0.124. The van der Waals surface area contributed by atoms with Crippen LogP contribution in [0.3, 0.4) is 0 Å². The van der Waals surface area contributed by atoms with Gasteiger partial charge in [0.25, 0.3) is 5.91 Å². The van der Waals surface area contributed by atoms with Crippen LogP contribution in [0.5, 0.6) is 0 Å². The Bertz CT molecular complexity index is 581. The number of anilines is 1. The summed E-state index contributed by atoms with van der Waals surface area (Å²) in [4.78, 5) is 44.5. The van der Waals surface area contributed by atoms with Gasteiger partial charge in [-0.1, -0.05) is 0 Å². The van der Waals surface area contributed by atoms with Gasteiger partial charge in [-0.15, -0.1) is 0 Å². The molecule has 1 aromatic carbocycles. The molecule has 2 rings (SSSR count). The van der Waals surface area contributed by atoms with Crippen molar-refractivity contribution in [3.05, 3.63) is 29.8 Å². The molecule has 8 heteroatoms. The van der Waals surface area contributed by atoms with Crippen molar-refractivity contribution in [1.82, 2.24) is 10.6 Å². The Hall–Kier alpha value is -2.90. The van der Waals surface area contributed by atoms with E-state index in [9.17, 15) is 19.2 Å². The Morgan fingerprint density at radius 3 is 2.35 bits per heavy atom. The van der Waals surface area contributed by atoms with E-state index in [2.05, 4.69) is 10.6 Å². The maximum atomic E-state index is 11.7. The van der Waals surface area contributed by atoms with Gasteiger partial charge >= 0.3 is 12.0 Å². The maximum Gasteiger partial charge on any atom is 0.335 e. The molecule has 0 spiro atoms. The number of carboxylic acids is 1. The van der Waals surface area contributed by atoms with Crippen molar-refractivity contribution < 1.29 is 24.3 Å². The van der Waals surface area contributed by atoms with Crippen LogP contribution in [0, 0.1) is 0 Å². The summed E-state index contributed by atoms with van der Waals surface area (Å²) in [6.45, 7) is 0. The number of benzene rings is 1. The number of amides is 4. The van der Waals surface area contributed by atoms with E-state index >= 15 is 0 Å². The predicted molar refractivity (Wildman–Crippen MR) is 67.1 cm³/mol. The van der Waals surface area contributed by atoms with Crippen molar-refractivity contribution in [2.75, 3.05) is 5.32 Å². The third-order valence-electron chi connectivity index (χ3n) is 2.66. The molecule has 0 bridgehead atoms. The van der Waals surface area contributed by atoms with Gasteiger partial charge in [0.05, 0.1) is 12.0 Å². The average Bonchev–Trinajstić information content (AvgIpc) is 2.68. The third-order valence-corrected chi connectivity index (χ3v) is 2.66. The molecule has 20 heavy (non-hydrogen) atoms. The molecule has 104 valence electrons. The molecule has 1 atom stereocenters. The standard InChI is InChI=1S/C12H11N3O5/c16-9(5-8-10(17)15-12(20)14-8)13-7-3-1-6(2-4-7)11(18)19/h1-4,8H,5H2,(H,13,16)(H,18,19)(H2,14,15,17,20). The van der Waals surface area contributed by atoms with E-state index in [0.717, 1.165) is 0 Å². The number of rotatable bonds is 4. The first-order valence-corrected chi connectivity index (χ1v) is 5.70. The fourth-order valence-corrected chi connectivity index (χ4v) is 1.70. The molecule has 0 radical (unpaired) electrons. The van der Waals surface area contributed by atoms with Crippen LogP contribution in [-0.4, -0.2) is 35.0 Å². The van der Waals surface area contributed by atoms with E-state index in [1.54, 1.807) is 0 Å². The lowest BCUT2D eigenvalue weighted by Gasteiger charge is -2.08. The van der Waals surface area contributed by atoms with Crippen molar-refractivity contribution in [1.29, 1.82) is 0 Å². The highest BCUT2D eigenvalue weighted by atomic mass is 16.4. The molecule has 4 N–H and O–H groups in total. The van der Waals surface area contributed by atoms with E-state index in [1.165, 1.54) is 24.3 Å². The van der Waals surface area contributed by atoms with Gasteiger partial charge in [0.2, 0.25) is 5.91 Å². The van der Waals surface area contributed by atoms with Gasteiger partial charge in [-0.2, -0.15) is 0 Å². The molecule has 1 aromatic rings. The molecule has 1 aliphatic rings. The summed E-state index contributed by atoms with van der Waals surface area (Å²) in [7, 11) is 0. The zero-order valence-corrected chi connectivity index (χ0v) is 10.2. The van der Waals surface area contributed by atoms with E-state index in [-0.39, 0.29) is 12.0 Å². The summed E-state index contributed by atoms with van der Waals surface area (Å²) in [6.07, 6.45) is -0.196. The van der Waals surface area contributed by atoms with Gasteiger partial charge in [0, 0.05) is 5.69 Å². The first-order chi connectivity index (χ1) is 9.45. The Labute approximate surface area is 113 Å². The summed E-state index contributed by atoms with van der Waals surface area (Å²) < 4.78 is 0. The highest BCUT2D eigenvalue weighted by Crippen LogP contribution is 2.10. The molecule has 4 amide bonds. The number of carboxylic acid groups (broad SMARTS) is 1. The van der Waals surface area contributed by atoms with Crippen LogP contribution < -0.4 is 16.0 Å². The Kier molecular flexibility index (Phi) is 3.65. The van der Waals surface area contributed by atoms with Crippen molar-refractivity contribution >= 4 is 29.5 Å². The lowest BCUT2D eigenvalue weighted by Crippen LogP contribution is -2.33. The zero-order chi connectivity index (χ0) is 14.7. The molecule has 1 saturated heterocycles. The number of carbonyl (C=O) groups is 4. The van der Waals surface area contributed by atoms with Gasteiger partial charge in [-0.25, -0.2) is 9.59 Å². The molecule has 8 nitrogen and oxygen atoms in total. The minimum Gasteiger partial charge on any atom is -0.478 e. The summed E-state index contributed by atoms with van der Waals surface area (Å²) in [5.74, 6) is -2.07. The van der Waals surface area contributed by atoms with Crippen molar-refractivity contribution in [3.63, 3.8) is 0 Å². The number of imide groups is 1. The molecule has 0 aromatic heterocycles. The Morgan fingerprint density at radius 1 is 1.20 bits per heavy atom. The number of aromatic carboxylic acids is 1. The average molecular weight is 277 g/mol. The van der Waals surface area contributed by atoms with Gasteiger partial charge in [0.1, 0.15) is 6.04 Å². The Balaban J connectivity index is 1.93. The van der Waals surface area contributed by atoms with Gasteiger partial charge in [-0.05, 0) is 24.3 Å². The predicted octanol–water partition coefficient (Wildman–Crippen LogP) is -0.0786. The molecule has 1 aliphatic heterocycles. The van der Waals surface area contributed by atoms with Crippen LogP contribution in [-0.2, 0) is 9.59 Å². The summed E-state index contributed by atoms with van der Waals surface area (Å²) in [5, 5.41) is 15.6. The summed E-state index contributed by atoms with van der Waals surface area (Å²) in [6, 6.07) is 4.06. The number of urea groups is 1. The highest BCUT2D eigenvalue weighted by molar-refractivity contribution is 6.06. The van der Waals surface area contributed by atoms with Gasteiger partial charge in [0.15, 0.2) is 0 Å². The molecule has 1 fully saturated rings. The van der Waals surface area contributed by atoms with E-state index in [1.807, 2.05) is 5.32 Å². The van der Waals surface area contributed by atoms with E-state index < -0.39 is 29.9 Å². The van der Waals surface area contributed by atoms with Crippen molar-refractivity contribution in [2.24, 2.45) is 0 Å². The van der Waals surface area contributed by atoms with Crippen LogP contribution in [0.2, 0.25) is 0 Å². The van der Waals surface area contributed by atoms with Gasteiger partial charge < -0.3 is 15.7 Å². The number of carbonyl (C=O) groups excluding carboxylic acids is 3. The second kappa shape index (κ2) is 5.39. The summed E-state index contributed by atoms with van der Waals surface area (Å²) >= 11 is 0. The van der Waals surface area contributed by atoms with Crippen LogP contribution in [0.1, 0.15) is 16.8 Å². The molecule has 0 saturated carbocycles. The van der Waals surface area contributed by atoms with Crippen molar-refractivity contribution in [3.8, 4) is 0 Å². The fraction of sp³-hybridized carbons (Fsp3) is 0.167. The van der Waals surface area contributed by atoms with Gasteiger partial charge in [-0.3, -0.25) is 14.9 Å². The Morgan fingerprint density at radius 2 is 1.85 bits per heavy atom. The topological polar surface area (TPSA) is 125 Å². The van der Waals surface area contributed by atoms with Crippen LogP contribution >= 0.6 is 0 Å². The quantitative estimate of drug-likeness (QED) is 0.573. The largest absolute Gasteiger partial charge is 0.478 e. The summed E-state index contributed by atoms with van der Waals surface area (Å²) in [5.41, 5.74) is 0.509. The van der Waals surface area contributed by atoms with E-state index in [0.29, 0.717) is 5.69 Å².